The van der Waals surface area contributed by atoms with Crippen LogP contribution in [0.15, 0.2) is 60.9 Å². The minimum absolute atomic E-state index is 0.0788. The summed E-state index contributed by atoms with van der Waals surface area (Å²) in [5.41, 5.74) is 5.11. The van der Waals surface area contributed by atoms with Crippen molar-refractivity contribution in [1.29, 1.82) is 0 Å². The van der Waals surface area contributed by atoms with Crippen molar-refractivity contribution in [1.82, 2.24) is 29.6 Å². The molecule has 4 heterocycles. The zero-order valence-corrected chi connectivity index (χ0v) is 28.5. The number of nitrogens with zero attached hydrogens (tertiary/aromatic N) is 6. The molecule has 3 aliphatic rings. The Morgan fingerprint density at radius 1 is 0.935 bits per heavy atom. The van der Waals surface area contributed by atoms with E-state index in [-0.39, 0.29) is 11.4 Å². The van der Waals surface area contributed by atoms with Crippen LogP contribution in [0.2, 0.25) is 0 Å². The Labute approximate surface area is 275 Å². The van der Waals surface area contributed by atoms with E-state index >= 15 is 0 Å². The Morgan fingerprint density at radius 2 is 1.63 bits per heavy atom. The highest BCUT2D eigenvalue weighted by Gasteiger charge is 2.43. The van der Waals surface area contributed by atoms with Gasteiger partial charge in [-0.1, -0.05) is 42.5 Å². The smallest absolute Gasteiger partial charge is 0.257 e. The van der Waals surface area contributed by atoms with E-state index in [0.29, 0.717) is 23.6 Å². The normalized spacial score (nSPS) is 23.6. The fourth-order valence-corrected chi connectivity index (χ4v) is 8.31. The van der Waals surface area contributed by atoms with Gasteiger partial charge in [0, 0.05) is 63.4 Å². The summed E-state index contributed by atoms with van der Waals surface area (Å²) in [6.45, 7) is 16.7. The van der Waals surface area contributed by atoms with E-state index in [4.69, 9.17) is 4.74 Å². The number of rotatable bonds is 8. The molecular formula is C38H52N6O2. The summed E-state index contributed by atoms with van der Waals surface area (Å²) in [6, 6.07) is 20.7. The van der Waals surface area contributed by atoms with Gasteiger partial charge in [-0.25, -0.2) is 9.97 Å². The summed E-state index contributed by atoms with van der Waals surface area (Å²) in [5, 5.41) is 0. The third-order valence-electron chi connectivity index (χ3n) is 11.1. The summed E-state index contributed by atoms with van der Waals surface area (Å²) < 4.78 is 5.38. The zero-order valence-electron chi connectivity index (χ0n) is 28.5. The molecule has 1 amide bonds. The molecule has 0 spiro atoms. The molecule has 2 unspecified atom stereocenters. The van der Waals surface area contributed by atoms with Gasteiger partial charge in [-0.15, -0.1) is 0 Å². The van der Waals surface area contributed by atoms with Crippen LogP contribution in [-0.4, -0.2) is 100.0 Å². The summed E-state index contributed by atoms with van der Waals surface area (Å²) >= 11 is 0. The maximum atomic E-state index is 13.5. The number of aryl methyl sites for hydroxylation is 2. The van der Waals surface area contributed by atoms with Crippen LogP contribution in [0.4, 0.5) is 0 Å². The van der Waals surface area contributed by atoms with Gasteiger partial charge in [0.15, 0.2) is 0 Å². The highest BCUT2D eigenvalue weighted by Crippen LogP contribution is 2.39. The first-order valence-corrected chi connectivity index (χ1v) is 17.2. The second-order valence-corrected chi connectivity index (χ2v) is 14.1. The van der Waals surface area contributed by atoms with Crippen LogP contribution in [0.25, 0.3) is 0 Å². The molecule has 3 saturated heterocycles. The summed E-state index contributed by atoms with van der Waals surface area (Å²) in [7, 11) is 1.73. The predicted molar refractivity (Wildman–Crippen MR) is 183 cm³/mol. The molecule has 3 aliphatic heterocycles. The van der Waals surface area contributed by atoms with E-state index in [1.54, 1.807) is 13.4 Å². The number of methoxy groups -OCH3 is 1. The van der Waals surface area contributed by atoms with Crippen molar-refractivity contribution in [3.05, 3.63) is 89.0 Å². The van der Waals surface area contributed by atoms with Crippen molar-refractivity contribution in [3.8, 4) is 5.75 Å². The SMILES string of the molecule is COc1ccc(CN2CCCC([C@H](c3ccccc3)N3CCN(C4(C)CCN(C(=O)c5c(C)ncnc5C)CC4)CC3C)C2)cc1. The van der Waals surface area contributed by atoms with Crippen LogP contribution in [0, 0.1) is 19.8 Å². The molecule has 3 atom stereocenters. The minimum Gasteiger partial charge on any atom is -0.497 e. The highest BCUT2D eigenvalue weighted by molar-refractivity contribution is 5.96. The zero-order chi connectivity index (χ0) is 32.3. The fourth-order valence-electron chi connectivity index (χ4n) is 8.31. The number of carbonyl (C=O) groups excluding carboxylic acids is 1. The summed E-state index contributed by atoms with van der Waals surface area (Å²) in [4.78, 5) is 32.3. The molecule has 8 heteroatoms. The van der Waals surface area contributed by atoms with Crippen LogP contribution in [0.1, 0.15) is 78.4 Å². The third kappa shape index (κ3) is 6.99. The number of ether oxygens (including phenoxy) is 1. The van der Waals surface area contributed by atoms with Gasteiger partial charge >= 0.3 is 0 Å². The Hall–Kier alpha value is -3.33. The molecule has 8 nitrogen and oxygen atoms in total. The molecule has 0 bridgehead atoms. The standard InChI is InChI=1S/C38H52N6O2/c1-28-24-43(38(4)17-20-42(21-18-38)37(45)35-29(2)39-27-40-30(35)3)22-23-44(28)36(32-10-7-6-8-11-32)33-12-9-19-41(26-33)25-31-13-15-34(46-5)16-14-31/h6-8,10-11,13-16,27-28,33,36H,9,12,17-26H2,1-5H3/t28?,33?,36-/m0/s1. The van der Waals surface area contributed by atoms with E-state index in [9.17, 15) is 4.79 Å². The lowest BCUT2D eigenvalue weighted by Gasteiger charge is -2.54. The molecule has 6 rings (SSSR count). The monoisotopic (exact) mass is 624 g/mol. The molecule has 0 radical (unpaired) electrons. The lowest BCUT2D eigenvalue weighted by atomic mass is 9.83. The van der Waals surface area contributed by atoms with Gasteiger partial charge in [0.05, 0.1) is 24.1 Å². The number of amides is 1. The van der Waals surface area contributed by atoms with E-state index in [2.05, 4.69) is 93.1 Å². The number of piperidine rings is 2. The van der Waals surface area contributed by atoms with Crippen LogP contribution in [-0.2, 0) is 6.54 Å². The third-order valence-corrected chi connectivity index (χ3v) is 11.1. The van der Waals surface area contributed by atoms with E-state index in [1.165, 1.54) is 24.0 Å². The Balaban J connectivity index is 1.12. The summed E-state index contributed by atoms with van der Waals surface area (Å²) in [6.07, 6.45) is 6.02. The van der Waals surface area contributed by atoms with Gasteiger partial charge in [0.25, 0.3) is 5.91 Å². The highest BCUT2D eigenvalue weighted by atomic mass is 16.5. The first-order chi connectivity index (χ1) is 22.3. The first kappa shape index (κ1) is 32.6. The van der Waals surface area contributed by atoms with Crippen molar-refractivity contribution in [2.45, 2.75) is 77.5 Å². The maximum absolute atomic E-state index is 13.5. The van der Waals surface area contributed by atoms with Gasteiger partial charge in [0.2, 0.25) is 0 Å². The Morgan fingerprint density at radius 3 is 2.28 bits per heavy atom. The van der Waals surface area contributed by atoms with Gasteiger partial charge in [-0.2, -0.15) is 0 Å². The number of benzene rings is 2. The van der Waals surface area contributed by atoms with Crippen LogP contribution in [0.5, 0.6) is 5.75 Å². The molecule has 0 aliphatic carbocycles. The van der Waals surface area contributed by atoms with Crippen molar-refractivity contribution in [2.24, 2.45) is 5.92 Å². The number of piperazine rings is 1. The van der Waals surface area contributed by atoms with Crippen molar-refractivity contribution in [2.75, 3.05) is 52.9 Å². The minimum atomic E-state index is 0.0788. The number of carbonyl (C=O) groups is 1. The van der Waals surface area contributed by atoms with Crippen molar-refractivity contribution >= 4 is 5.91 Å². The maximum Gasteiger partial charge on any atom is 0.257 e. The summed E-state index contributed by atoms with van der Waals surface area (Å²) in [5.74, 6) is 1.58. The Kier molecular flexibility index (Phi) is 10.1. The predicted octanol–water partition coefficient (Wildman–Crippen LogP) is 5.76. The molecule has 3 aromatic rings. The van der Waals surface area contributed by atoms with Crippen LogP contribution < -0.4 is 4.74 Å². The molecule has 0 N–H and O–H groups in total. The quantitative estimate of drug-likeness (QED) is 0.316. The second kappa shape index (κ2) is 14.2. The molecule has 0 saturated carbocycles. The average Bonchev–Trinajstić information content (AvgIpc) is 3.07. The first-order valence-electron chi connectivity index (χ1n) is 17.2. The molecule has 3 fully saturated rings. The lowest BCUT2D eigenvalue weighted by Crippen LogP contribution is -2.63. The second-order valence-electron chi connectivity index (χ2n) is 14.1. The number of hydrogen-bond acceptors (Lipinski definition) is 7. The van der Waals surface area contributed by atoms with Crippen molar-refractivity contribution in [3.63, 3.8) is 0 Å². The lowest BCUT2D eigenvalue weighted by molar-refractivity contribution is -0.0452. The number of hydrogen-bond donors (Lipinski definition) is 0. The van der Waals surface area contributed by atoms with Crippen LogP contribution >= 0.6 is 0 Å². The number of likely N-dealkylation sites (tertiary alicyclic amines) is 2. The molecule has 1 aromatic heterocycles. The van der Waals surface area contributed by atoms with Gasteiger partial charge in [-0.05, 0) is 89.1 Å². The molecule has 2 aromatic carbocycles. The van der Waals surface area contributed by atoms with Crippen LogP contribution in [0.3, 0.4) is 0 Å². The topological polar surface area (TPSA) is 65.0 Å². The van der Waals surface area contributed by atoms with Gasteiger partial charge in [0.1, 0.15) is 12.1 Å². The largest absolute Gasteiger partial charge is 0.497 e. The van der Waals surface area contributed by atoms with Gasteiger partial charge < -0.3 is 9.64 Å². The molecule has 46 heavy (non-hydrogen) atoms. The fraction of sp³-hybridized carbons (Fsp3) is 0.553. The average molecular weight is 625 g/mol. The molecule has 246 valence electrons. The van der Waals surface area contributed by atoms with Gasteiger partial charge in [-0.3, -0.25) is 19.5 Å². The van der Waals surface area contributed by atoms with E-state index in [0.717, 1.165) is 82.3 Å². The Bertz CT molecular complexity index is 1440. The number of aromatic nitrogens is 2. The molecular weight excluding hydrogens is 572 g/mol. The van der Waals surface area contributed by atoms with E-state index in [1.807, 2.05) is 18.7 Å². The van der Waals surface area contributed by atoms with Crippen molar-refractivity contribution < 1.29 is 9.53 Å². The van der Waals surface area contributed by atoms with E-state index < -0.39 is 0 Å².